The molecule has 1 rings (SSSR count). The molecule has 1 aromatic rings. The molecule has 0 fully saturated rings. The van der Waals surface area contributed by atoms with Crippen LogP contribution in [0.1, 0.15) is 18.2 Å². The van der Waals surface area contributed by atoms with Crippen molar-refractivity contribution in [1.29, 1.82) is 5.26 Å². The van der Waals surface area contributed by atoms with E-state index in [0.29, 0.717) is 5.56 Å². The number of nitriles is 1. The van der Waals surface area contributed by atoms with E-state index in [2.05, 4.69) is 11.6 Å². The molecule has 0 saturated heterocycles. The van der Waals surface area contributed by atoms with Crippen LogP contribution in [0.15, 0.2) is 24.9 Å². The lowest BCUT2D eigenvalue weighted by Gasteiger charge is -1.96. The molecule has 54 valence electrons. The third-order valence-electron chi connectivity index (χ3n) is 1.33. The molecule has 0 radical (unpaired) electrons. The number of allylic oxidation sites excluding steroid dienone is 1. The molecule has 0 bridgehead atoms. The summed E-state index contributed by atoms with van der Waals surface area (Å²) in [7, 11) is 0. The lowest BCUT2D eigenvalue weighted by Crippen LogP contribution is -1.85. The van der Waals surface area contributed by atoms with Crippen LogP contribution >= 0.6 is 0 Å². The van der Waals surface area contributed by atoms with Crippen molar-refractivity contribution in [2.24, 2.45) is 0 Å². The molecule has 2 nitrogen and oxygen atoms in total. The summed E-state index contributed by atoms with van der Waals surface area (Å²) in [6.07, 6.45) is 1.61. The fraction of sp³-hybridized carbons (Fsp3) is 0.111. The minimum absolute atomic E-state index is 0.623. The Morgan fingerprint density at radius 1 is 1.73 bits per heavy atom. The van der Waals surface area contributed by atoms with Crippen LogP contribution in [0.25, 0.3) is 5.57 Å². The summed E-state index contributed by atoms with van der Waals surface area (Å²) in [5.41, 5.74) is 2.28. The van der Waals surface area contributed by atoms with Crippen molar-refractivity contribution in [2.75, 3.05) is 0 Å². The molecule has 0 saturated carbocycles. The van der Waals surface area contributed by atoms with E-state index in [1.807, 2.05) is 13.0 Å². The van der Waals surface area contributed by atoms with E-state index in [1.165, 1.54) is 0 Å². The van der Waals surface area contributed by atoms with Gasteiger partial charge in [-0.05, 0) is 24.6 Å². The van der Waals surface area contributed by atoms with E-state index in [1.54, 1.807) is 18.3 Å². The summed E-state index contributed by atoms with van der Waals surface area (Å²) in [4.78, 5) is 4.04. The minimum atomic E-state index is 0.623. The van der Waals surface area contributed by atoms with E-state index < -0.39 is 0 Å². The molecule has 0 unspecified atom stereocenters. The third-order valence-corrected chi connectivity index (χ3v) is 1.33. The molecule has 0 spiro atoms. The lowest BCUT2D eigenvalue weighted by molar-refractivity contribution is 1.26. The summed E-state index contributed by atoms with van der Waals surface area (Å²) in [5.74, 6) is 0. The fourth-order valence-electron chi connectivity index (χ4n) is 0.733. The van der Waals surface area contributed by atoms with Gasteiger partial charge in [-0.1, -0.05) is 6.58 Å². The molecular weight excluding hydrogens is 136 g/mol. The number of hydrogen-bond acceptors (Lipinski definition) is 2. The van der Waals surface area contributed by atoms with E-state index in [0.717, 1.165) is 11.3 Å². The van der Waals surface area contributed by atoms with Crippen LogP contribution < -0.4 is 0 Å². The molecule has 0 aliphatic heterocycles. The third kappa shape index (κ3) is 1.65. The molecule has 11 heavy (non-hydrogen) atoms. The molecule has 0 atom stereocenters. The van der Waals surface area contributed by atoms with Gasteiger partial charge in [0.2, 0.25) is 0 Å². The lowest BCUT2D eigenvalue weighted by atomic mass is 10.2. The number of rotatable bonds is 1. The second-order valence-corrected chi connectivity index (χ2v) is 2.32. The Hall–Kier alpha value is -1.62. The normalized spacial score (nSPS) is 8.73. The van der Waals surface area contributed by atoms with Crippen molar-refractivity contribution >= 4 is 5.57 Å². The van der Waals surface area contributed by atoms with E-state index in [9.17, 15) is 0 Å². The summed E-state index contributed by atoms with van der Waals surface area (Å²) < 4.78 is 0. The van der Waals surface area contributed by atoms with Gasteiger partial charge in [-0.2, -0.15) is 5.26 Å². The largest absolute Gasteiger partial charge is 0.257 e. The molecule has 0 N–H and O–H groups in total. The topological polar surface area (TPSA) is 36.7 Å². The Labute approximate surface area is 65.8 Å². The van der Waals surface area contributed by atoms with Gasteiger partial charge in [0.05, 0.1) is 17.3 Å². The summed E-state index contributed by atoms with van der Waals surface area (Å²) >= 11 is 0. The van der Waals surface area contributed by atoms with Crippen molar-refractivity contribution in [3.8, 4) is 6.07 Å². The highest BCUT2D eigenvalue weighted by Gasteiger charge is 1.95. The van der Waals surface area contributed by atoms with Crippen LogP contribution in [0.2, 0.25) is 0 Å². The van der Waals surface area contributed by atoms with Gasteiger partial charge in [0.25, 0.3) is 0 Å². The van der Waals surface area contributed by atoms with Gasteiger partial charge >= 0.3 is 0 Å². The Kier molecular flexibility index (Phi) is 2.03. The maximum absolute atomic E-state index is 8.54. The fourth-order valence-corrected chi connectivity index (χ4v) is 0.733. The van der Waals surface area contributed by atoms with Crippen molar-refractivity contribution < 1.29 is 0 Å². The average molecular weight is 144 g/mol. The van der Waals surface area contributed by atoms with Gasteiger partial charge in [0.1, 0.15) is 0 Å². The number of hydrogen-bond donors (Lipinski definition) is 0. The monoisotopic (exact) mass is 144 g/mol. The van der Waals surface area contributed by atoms with E-state index in [-0.39, 0.29) is 0 Å². The van der Waals surface area contributed by atoms with Gasteiger partial charge in [-0.25, -0.2) is 0 Å². The quantitative estimate of drug-likeness (QED) is 0.604. The van der Waals surface area contributed by atoms with Crippen LogP contribution in [-0.2, 0) is 0 Å². The van der Waals surface area contributed by atoms with Crippen LogP contribution in [0, 0.1) is 11.3 Å². The van der Waals surface area contributed by atoms with Crippen LogP contribution in [-0.4, -0.2) is 4.98 Å². The van der Waals surface area contributed by atoms with Crippen LogP contribution in [0.3, 0.4) is 0 Å². The van der Waals surface area contributed by atoms with Crippen LogP contribution in [0.4, 0.5) is 0 Å². The maximum atomic E-state index is 8.54. The van der Waals surface area contributed by atoms with Crippen molar-refractivity contribution in [1.82, 2.24) is 4.98 Å². The molecule has 1 heterocycles. The first-order valence-electron chi connectivity index (χ1n) is 3.26. The molecule has 1 aromatic heterocycles. The molecule has 0 aliphatic carbocycles. The first-order valence-corrected chi connectivity index (χ1v) is 3.26. The summed E-state index contributed by atoms with van der Waals surface area (Å²) in [6, 6.07) is 5.44. The second kappa shape index (κ2) is 2.98. The van der Waals surface area contributed by atoms with Gasteiger partial charge in [-0.3, -0.25) is 4.98 Å². The zero-order valence-electron chi connectivity index (χ0n) is 6.33. The van der Waals surface area contributed by atoms with E-state index >= 15 is 0 Å². The van der Waals surface area contributed by atoms with Crippen LogP contribution in [0.5, 0.6) is 0 Å². The SMILES string of the molecule is C=C(C)c1cc(C#N)ccn1. The smallest absolute Gasteiger partial charge is 0.0992 e. The van der Waals surface area contributed by atoms with Crippen molar-refractivity contribution in [2.45, 2.75) is 6.92 Å². The Morgan fingerprint density at radius 3 is 3.00 bits per heavy atom. The first-order chi connectivity index (χ1) is 5.24. The second-order valence-electron chi connectivity index (χ2n) is 2.32. The highest BCUT2D eigenvalue weighted by Crippen LogP contribution is 2.08. The predicted octanol–water partition coefficient (Wildman–Crippen LogP) is 1.99. The highest BCUT2D eigenvalue weighted by molar-refractivity contribution is 5.58. The number of pyridine rings is 1. The number of nitrogens with zero attached hydrogens (tertiary/aromatic N) is 2. The number of aromatic nitrogens is 1. The van der Waals surface area contributed by atoms with Crippen molar-refractivity contribution in [3.63, 3.8) is 0 Å². The van der Waals surface area contributed by atoms with E-state index in [4.69, 9.17) is 5.26 Å². The zero-order chi connectivity index (χ0) is 8.27. The molecular formula is C9H8N2. The average Bonchev–Trinajstić information content (AvgIpc) is 2.05. The predicted molar refractivity (Wildman–Crippen MR) is 43.7 cm³/mol. The van der Waals surface area contributed by atoms with Gasteiger partial charge < -0.3 is 0 Å². The van der Waals surface area contributed by atoms with Gasteiger partial charge in [-0.15, -0.1) is 0 Å². The van der Waals surface area contributed by atoms with Gasteiger partial charge in [0.15, 0.2) is 0 Å². The Morgan fingerprint density at radius 2 is 2.45 bits per heavy atom. The highest BCUT2D eigenvalue weighted by atomic mass is 14.7. The Bertz CT molecular complexity index is 321. The minimum Gasteiger partial charge on any atom is -0.257 e. The molecule has 0 amide bonds. The molecule has 0 aromatic carbocycles. The zero-order valence-corrected chi connectivity index (χ0v) is 6.33. The van der Waals surface area contributed by atoms with Gasteiger partial charge in [0, 0.05) is 6.20 Å². The summed E-state index contributed by atoms with van der Waals surface area (Å²) in [6.45, 7) is 5.59. The Balaban J connectivity index is 3.13. The molecule has 0 aliphatic rings. The first kappa shape index (κ1) is 7.49. The van der Waals surface area contributed by atoms with Crippen molar-refractivity contribution in [3.05, 3.63) is 36.2 Å². The maximum Gasteiger partial charge on any atom is 0.0992 e. The summed E-state index contributed by atoms with van der Waals surface area (Å²) in [5, 5.41) is 8.54. The molecule has 2 heteroatoms. The standard InChI is InChI=1S/C9H8N2/c1-7(2)9-5-8(6-10)3-4-11-9/h3-5H,1H2,2H3.